The molecule has 0 atom stereocenters. The fourth-order valence-electron chi connectivity index (χ4n) is 4.39. The van der Waals surface area contributed by atoms with E-state index >= 15 is 0 Å². The van der Waals surface area contributed by atoms with Crippen molar-refractivity contribution in [1.82, 2.24) is 14.7 Å². The van der Waals surface area contributed by atoms with E-state index in [1.54, 1.807) is 24.3 Å². The van der Waals surface area contributed by atoms with E-state index in [4.69, 9.17) is 14.4 Å². The first-order valence-electron chi connectivity index (χ1n) is 11.4. The second kappa shape index (κ2) is 7.82. The van der Waals surface area contributed by atoms with Gasteiger partial charge in [-0.25, -0.2) is 0 Å². The first-order chi connectivity index (χ1) is 15.7. The third-order valence-corrected chi connectivity index (χ3v) is 7.04. The Bertz CT molecular complexity index is 1200. The molecule has 7 nitrogen and oxygen atoms in total. The molecule has 8 heteroatoms. The van der Waals surface area contributed by atoms with Gasteiger partial charge in [0.15, 0.2) is 0 Å². The summed E-state index contributed by atoms with van der Waals surface area (Å²) in [6.45, 7) is 9.29. The monoisotopic (exact) mass is 445 g/mol. The van der Waals surface area contributed by atoms with E-state index in [1.165, 1.54) is 4.90 Å². The number of unbranched alkanes of at least 4 members (excludes halogenated alkanes) is 1. The molecule has 0 aliphatic carbocycles. The number of carbonyl (C=O) groups is 2. The quantitative estimate of drug-likeness (QED) is 0.330. The first kappa shape index (κ1) is 21.9. The van der Waals surface area contributed by atoms with Crippen LogP contribution < -0.4 is 5.46 Å². The Balaban J connectivity index is 1.24. The maximum atomic E-state index is 12.5. The molecule has 0 radical (unpaired) electrons. The molecule has 2 aromatic carbocycles. The summed E-state index contributed by atoms with van der Waals surface area (Å²) in [5.74, 6) is -0.403. The maximum absolute atomic E-state index is 12.5. The second-order valence-corrected chi connectivity index (χ2v) is 9.78. The maximum Gasteiger partial charge on any atom is 0.495 e. The Hall–Kier alpha value is -2.97. The molecular formula is C25H28BN3O4. The van der Waals surface area contributed by atoms with Gasteiger partial charge >= 0.3 is 7.12 Å². The number of fused-ring (bicyclic) bond motifs is 2. The van der Waals surface area contributed by atoms with Crippen molar-refractivity contribution in [2.75, 3.05) is 6.54 Å². The molecule has 0 saturated carbocycles. The molecule has 170 valence electrons. The Morgan fingerprint density at radius 2 is 1.45 bits per heavy atom. The predicted octanol–water partition coefficient (Wildman–Crippen LogP) is 3.41. The molecule has 5 rings (SSSR count). The van der Waals surface area contributed by atoms with Crippen LogP contribution in [-0.2, 0) is 15.9 Å². The van der Waals surface area contributed by atoms with Crippen molar-refractivity contribution >= 4 is 35.3 Å². The van der Waals surface area contributed by atoms with E-state index in [1.807, 2.05) is 56.8 Å². The number of amides is 2. The van der Waals surface area contributed by atoms with Crippen molar-refractivity contribution in [2.45, 2.75) is 58.3 Å². The summed E-state index contributed by atoms with van der Waals surface area (Å²) in [6.07, 6.45) is 3.54. The molecule has 33 heavy (non-hydrogen) atoms. The van der Waals surface area contributed by atoms with Crippen LogP contribution in [0, 0.1) is 0 Å². The van der Waals surface area contributed by atoms with Crippen molar-refractivity contribution in [2.24, 2.45) is 0 Å². The van der Waals surface area contributed by atoms with Crippen molar-refractivity contribution in [1.29, 1.82) is 0 Å². The van der Waals surface area contributed by atoms with Gasteiger partial charge in [-0.1, -0.05) is 24.3 Å². The van der Waals surface area contributed by atoms with Crippen molar-refractivity contribution < 1.29 is 18.9 Å². The molecule has 2 aliphatic rings. The van der Waals surface area contributed by atoms with E-state index in [-0.39, 0.29) is 11.8 Å². The van der Waals surface area contributed by atoms with Crippen LogP contribution >= 0.6 is 0 Å². The summed E-state index contributed by atoms with van der Waals surface area (Å²) in [5, 5.41) is 5.72. The third-order valence-electron chi connectivity index (χ3n) is 7.04. The minimum Gasteiger partial charge on any atom is -0.399 e. The molecule has 2 aliphatic heterocycles. The minimum absolute atomic E-state index is 0.201. The highest BCUT2D eigenvalue weighted by molar-refractivity contribution is 6.65. The number of hydrogen-bond donors (Lipinski definition) is 0. The van der Waals surface area contributed by atoms with Gasteiger partial charge in [-0.3, -0.25) is 19.2 Å². The third kappa shape index (κ3) is 3.67. The average molecular weight is 445 g/mol. The van der Waals surface area contributed by atoms with Gasteiger partial charge in [-0.2, -0.15) is 5.10 Å². The Morgan fingerprint density at radius 1 is 0.848 bits per heavy atom. The van der Waals surface area contributed by atoms with Gasteiger partial charge in [0, 0.05) is 24.7 Å². The fourth-order valence-corrected chi connectivity index (χ4v) is 4.39. The highest BCUT2D eigenvalue weighted by atomic mass is 16.7. The standard InChI is InChI=1S/C25H28BN3O4/c1-24(2)25(3,4)33-26(32-24)20-12-9-13-21-19(20)16-28(27-21)14-7-8-15-29-22(30)17-10-5-6-11-18(17)23(29)31/h5-6,9-13,16H,7-8,14-15H2,1-4H3. The molecule has 0 unspecified atom stereocenters. The summed E-state index contributed by atoms with van der Waals surface area (Å²) in [4.78, 5) is 26.4. The normalized spacial score (nSPS) is 19.0. The van der Waals surface area contributed by atoms with Crippen LogP contribution in [0.1, 0.15) is 61.3 Å². The Labute approximate surface area is 193 Å². The summed E-state index contributed by atoms with van der Waals surface area (Å²) < 4.78 is 14.4. The highest BCUT2D eigenvalue weighted by Gasteiger charge is 2.52. The molecule has 1 fully saturated rings. The highest BCUT2D eigenvalue weighted by Crippen LogP contribution is 2.37. The van der Waals surface area contributed by atoms with Gasteiger partial charge in [-0.15, -0.1) is 0 Å². The lowest BCUT2D eigenvalue weighted by Crippen LogP contribution is -2.41. The topological polar surface area (TPSA) is 73.7 Å². The van der Waals surface area contributed by atoms with E-state index < -0.39 is 18.3 Å². The van der Waals surface area contributed by atoms with E-state index in [9.17, 15) is 9.59 Å². The summed E-state index contributed by atoms with van der Waals surface area (Å²) in [6, 6.07) is 13.0. The van der Waals surface area contributed by atoms with E-state index in [0.717, 1.165) is 22.8 Å². The summed E-state index contributed by atoms with van der Waals surface area (Å²) in [5.41, 5.74) is 2.05. The van der Waals surface area contributed by atoms with E-state index in [0.29, 0.717) is 30.6 Å². The predicted molar refractivity (Wildman–Crippen MR) is 126 cm³/mol. The van der Waals surface area contributed by atoms with Gasteiger partial charge in [0.1, 0.15) is 0 Å². The Morgan fingerprint density at radius 3 is 2.09 bits per heavy atom. The molecule has 2 amide bonds. The molecule has 0 bridgehead atoms. The molecule has 3 heterocycles. The number of aromatic nitrogens is 2. The fraction of sp³-hybridized carbons (Fsp3) is 0.400. The van der Waals surface area contributed by atoms with Crippen LogP contribution in [0.25, 0.3) is 10.9 Å². The van der Waals surface area contributed by atoms with Crippen LogP contribution in [0.4, 0.5) is 0 Å². The number of imide groups is 1. The number of nitrogens with zero attached hydrogens (tertiary/aromatic N) is 3. The van der Waals surface area contributed by atoms with Gasteiger partial charge in [0.25, 0.3) is 11.8 Å². The number of aryl methyl sites for hydroxylation is 1. The largest absolute Gasteiger partial charge is 0.495 e. The lowest BCUT2D eigenvalue weighted by atomic mass is 9.77. The summed E-state index contributed by atoms with van der Waals surface area (Å²) in [7, 11) is -0.440. The van der Waals surface area contributed by atoms with Crippen molar-refractivity contribution in [3.63, 3.8) is 0 Å². The van der Waals surface area contributed by atoms with Gasteiger partial charge in [-0.05, 0) is 64.2 Å². The molecule has 0 spiro atoms. The zero-order chi connectivity index (χ0) is 23.4. The average Bonchev–Trinajstić information content (AvgIpc) is 3.36. The van der Waals surface area contributed by atoms with Gasteiger partial charge < -0.3 is 9.31 Å². The lowest BCUT2D eigenvalue weighted by Gasteiger charge is -2.32. The van der Waals surface area contributed by atoms with Crippen LogP contribution in [0.2, 0.25) is 0 Å². The van der Waals surface area contributed by atoms with Crippen molar-refractivity contribution in [3.8, 4) is 0 Å². The number of benzene rings is 2. The second-order valence-electron chi connectivity index (χ2n) is 9.78. The van der Waals surface area contributed by atoms with Crippen molar-refractivity contribution in [3.05, 3.63) is 59.8 Å². The number of carbonyl (C=O) groups excluding carboxylic acids is 2. The first-order valence-corrected chi connectivity index (χ1v) is 11.4. The Kier molecular flexibility index (Phi) is 5.18. The van der Waals surface area contributed by atoms with Crippen LogP contribution in [0.15, 0.2) is 48.7 Å². The zero-order valence-electron chi connectivity index (χ0n) is 19.5. The molecule has 0 N–H and O–H groups in total. The SMILES string of the molecule is CC1(C)OB(c2cccc3nn(CCCCN4C(=O)c5ccccc5C4=O)cc23)OC1(C)C. The molecule has 1 saturated heterocycles. The minimum atomic E-state index is -0.440. The van der Waals surface area contributed by atoms with E-state index in [2.05, 4.69) is 0 Å². The zero-order valence-corrected chi connectivity index (χ0v) is 19.5. The number of rotatable bonds is 6. The van der Waals surface area contributed by atoms with Gasteiger partial charge in [0.05, 0.1) is 27.8 Å². The van der Waals surface area contributed by atoms with Gasteiger partial charge in [0.2, 0.25) is 0 Å². The smallest absolute Gasteiger partial charge is 0.399 e. The molecular weight excluding hydrogens is 417 g/mol. The van der Waals surface area contributed by atoms with Crippen LogP contribution in [0.5, 0.6) is 0 Å². The summed E-state index contributed by atoms with van der Waals surface area (Å²) >= 11 is 0. The molecule has 3 aromatic rings. The number of hydrogen-bond acceptors (Lipinski definition) is 5. The lowest BCUT2D eigenvalue weighted by molar-refractivity contribution is 0.00578. The van der Waals surface area contributed by atoms with Crippen LogP contribution in [-0.4, -0.2) is 51.4 Å². The van der Waals surface area contributed by atoms with Crippen LogP contribution in [0.3, 0.4) is 0 Å². The molecule has 1 aromatic heterocycles.